The topological polar surface area (TPSA) is 91.8 Å². The van der Waals surface area contributed by atoms with Crippen molar-refractivity contribution >= 4 is 39.0 Å². The molecule has 10 heteroatoms. The number of nitrogens with zero attached hydrogens (tertiary/aromatic N) is 2. The molecule has 1 amide bonds. The molecular formula is C22H20F3N5O2. The number of alkyl halides is 3. The lowest BCUT2D eigenvalue weighted by atomic mass is 10.1. The molecule has 3 N–H and O–H groups in total. The van der Waals surface area contributed by atoms with Crippen LogP contribution >= 0.6 is 0 Å². The Labute approximate surface area is 180 Å². The van der Waals surface area contributed by atoms with E-state index in [2.05, 4.69) is 15.5 Å². The van der Waals surface area contributed by atoms with Gasteiger partial charge in [-0.25, -0.2) is 0 Å². The number of fused-ring (bicyclic) bond motifs is 2. The van der Waals surface area contributed by atoms with E-state index >= 15 is 0 Å². The molecule has 0 spiro atoms. The minimum atomic E-state index is -4.56. The summed E-state index contributed by atoms with van der Waals surface area (Å²) >= 11 is 0. The molecule has 0 radical (unpaired) electrons. The number of amides is 1. The number of aryl methyl sites for hydroxylation is 1. The van der Waals surface area contributed by atoms with E-state index < -0.39 is 30.2 Å². The number of aromatic nitrogens is 3. The molecule has 4 aromatic rings. The number of carbonyl (C=O) groups is 1. The zero-order valence-electron chi connectivity index (χ0n) is 17.2. The lowest BCUT2D eigenvalue weighted by molar-refractivity contribution is -0.158. The molecule has 4 rings (SSSR count). The van der Waals surface area contributed by atoms with E-state index in [4.69, 9.17) is 0 Å². The first-order chi connectivity index (χ1) is 15.1. The van der Waals surface area contributed by atoms with Crippen molar-refractivity contribution in [3.05, 3.63) is 64.7 Å². The lowest BCUT2D eigenvalue weighted by Gasteiger charge is -2.17. The van der Waals surface area contributed by atoms with Crippen LogP contribution in [0.1, 0.15) is 12.6 Å². The maximum Gasteiger partial charge on any atom is 0.408 e. The molecule has 0 fully saturated rings. The highest BCUT2D eigenvalue weighted by molar-refractivity contribution is 5.95. The summed E-state index contributed by atoms with van der Waals surface area (Å²) < 4.78 is 39.2. The van der Waals surface area contributed by atoms with Gasteiger partial charge in [0.05, 0.1) is 16.6 Å². The highest BCUT2D eigenvalue weighted by atomic mass is 19.4. The summed E-state index contributed by atoms with van der Waals surface area (Å²) in [4.78, 5) is 25.1. The highest BCUT2D eigenvalue weighted by Gasteiger charge is 2.36. The molecule has 1 atom stereocenters. The molecular weight excluding hydrogens is 423 g/mol. The van der Waals surface area contributed by atoms with Crippen molar-refractivity contribution in [3.63, 3.8) is 0 Å². The predicted molar refractivity (Wildman–Crippen MR) is 116 cm³/mol. The van der Waals surface area contributed by atoms with Crippen LogP contribution in [0.3, 0.4) is 0 Å². The van der Waals surface area contributed by atoms with Gasteiger partial charge in [0.1, 0.15) is 12.6 Å². The monoisotopic (exact) mass is 443 g/mol. The zero-order chi connectivity index (χ0) is 23.0. The van der Waals surface area contributed by atoms with E-state index in [0.29, 0.717) is 22.1 Å². The standard InChI is InChI=1S/C22H20F3N5O2/c1-12-16-7-6-15(10-18(16)29-28-12)27-17-5-3-4-14-8-9-30(21(32)20(14)17)11-19(31)26-13(2)22(23,24)25/h3-10,13,27H,11H2,1-2H3,(H,26,31)(H,28,29)/t13-/m0/s1. The van der Waals surface area contributed by atoms with Gasteiger partial charge in [-0.05, 0) is 49.6 Å². The molecule has 2 heterocycles. The zero-order valence-corrected chi connectivity index (χ0v) is 17.2. The van der Waals surface area contributed by atoms with E-state index in [-0.39, 0.29) is 0 Å². The second-order valence-corrected chi connectivity index (χ2v) is 7.55. The van der Waals surface area contributed by atoms with Crippen LogP contribution in [0, 0.1) is 6.92 Å². The molecule has 0 aliphatic carbocycles. The molecule has 0 saturated heterocycles. The fourth-order valence-electron chi connectivity index (χ4n) is 3.46. The van der Waals surface area contributed by atoms with E-state index in [1.807, 2.05) is 30.4 Å². The van der Waals surface area contributed by atoms with E-state index in [1.165, 1.54) is 6.20 Å². The Bertz CT molecular complexity index is 1370. The summed E-state index contributed by atoms with van der Waals surface area (Å²) in [5.41, 5.74) is 2.44. The van der Waals surface area contributed by atoms with Crippen LogP contribution in [0.25, 0.3) is 21.7 Å². The molecule has 0 unspecified atom stereocenters. The minimum Gasteiger partial charge on any atom is -0.355 e. The normalized spacial score (nSPS) is 12.8. The number of hydrogen-bond donors (Lipinski definition) is 3. The summed E-state index contributed by atoms with van der Waals surface area (Å²) in [5.74, 6) is -0.902. The summed E-state index contributed by atoms with van der Waals surface area (Å²) in [5, 5.41) is 14.2. The Hall–Kier alpha value is -3.82. The van der Waals surface area contributed by atoms with Gasteiger partial charge in [0, 0.05) is 23.0 Å². The van der Waals surface area contributed by atoms with Gasteiger partial charge >= 0.3 is 6.18 Å². The lowest BCUT2D eigenvalue weighted by Crippen LogP contribution is -2.45. The van der Waals surface area contributed by atoms with Gasteiger partial charge in [0.2, 0.25) is 5.91 Å². The average Bonchev–Trinajstić information content (AvgIpc) is 3.09. The first-order valence-electron chi connectivity index (χ1n) is 9.83. The Morgan fingerprint density at radius 2 is 2.00 bits per heavy atom. The summed E-state index contributed by atoms with van der Waals surface area (Å²) in [6, 6.07) is 10.5. The first-order valence-corrected chi connectivity index (χ1v) is 9.83. The van der Waals surface area contributed by atoms with E-state index in [0.717, 1.165) is 28.1 Å². The molecule has 0 bridgehead atoms. The fourth-order valence-corrected chi connectivity index (χ4v) is 3.46. The Kier molecular flexibility index (Phi) is 5.37. The highest BCUT2D eigenvalue weighted by Crippen LogP contribution is 2.26. The fraction of sp³-hybridized carbons (Fsp3) is 0.227. The Morgan fingerprint density at radius 3 is 2.75 bits per heavy atom. The van der Waals surface area contributed by atoms with Crippen molar-refractivity contribution in [2.24, 2.45) is 0 Å². The third-order valence-electron chi connectivity index (χ3n) is 5.21. The number of anilines is 2. The maximum absolute atomic E-state index is 13.1. The summed E-state index contributed by atoms with van der Waals surface area (Å²) in [6.45, 7) is 2.24. The van der Waals surface area contributed by atoms with Gasteiger partial charge in [-0.2, -0.15) is 18.3 Å². The number of halogens is 3. The van der Waals surface area contributed by atoms with Gasteiger partial charge in [-0.3, -0.25) is 14.7 Å². The smallest absolute Gasteiger partial charge is 0.355 e. The third-order valence-corrected chi connectivity index (χ3v) is 5.21. The molecule has 2 aromatic carbocycles. The Morgan fingerprint density at radius 1 is 1.22 bits per heavy atom. The number of H-pyrrole nitrogens is 1. The van der Waals surface area contributed by atoms with Crippen LogP contribution in [0.15, 0.2) is 53.5 Å². The maximum atomic E-state index is 13.1. The van der Waals surface area contributed by atoms with Crippen molar-refractivity contribution in [1.29, 1.82) is 0 Å². The average molecular weight is 443 g/mol. The SMILES string of the molecule is Cc1[nH]nc2cc(Nc3cccc4ccn(CC(=O)N[C@@H](C)C(F)(F)F)c(=O)c34)ccc12. The van der Waals surface area contributed by atoms with Gasteiger partial charge in [0.25, 0.3) is 5.56 Å². The van der Waals surface area contributed by atoms with Crippen LogP contribution < -0.4 is 16.2 Å². The number of pyridine rings is 1. The van der Waals surface area contributed by atoms with Crippen LogP contribution in [0.4, 0.5) is 24.5 Å². The number of benzene rings is 2. The first kappa shape index (κ1) is 21.4. The van der Waals surface area contributed by atoms with Gasteiger partial charge < -0.3 is 15.2 Å². The van der Waals surface area contributed by atoms with Crippen molar-refractivity contribution in [3.8, 4) is 0 Å². The van der Waals surface area contributed by atoms with Crippen LogP contribution in [0.2, 0.25) is 0 Å². The van der Waals surface area contributed by atoms with Crippen LogP contribution in [-0.4, -0.2) is 32.9 Å². The molecule has 0 aliphatic heterocycles. The van der Waals surface area contributed by atoms with Crippen LogP contribution in [0.5, 0.6) is 0 Å². The van der Waals surface area contributed by atoms with Gasteiger partial charge in [0.15, 0.2) is 0 Å². The molecule has 2 aromatic heterocycles. The van der Waals surface area contributed by atoms with Crippen molar-refractivity contribution < 1.29 is 18.0 Å². The van der Waals surface area contributed by atoms with Crippen molar-refractivity contribution in [2.45, 2.75) is 32.6 Å². The number of hydrogen-bond acceptors (Lipinski definition) is 4. The van der Waals surface area contributed by atoms with Gasteiger partial charge in [-0.15, -0.1) is 0 Å². The van der Waals surface area contributed by atoms with E-state index in [1.54, 1.807) is 24.3 Å². The van der Waals surface area contributed by atoms with Gasteiger partial charge in [-0.1, -0.05) is 12.1 Å². The number of carbonyl (C=O) groups excluding carboxylic acids is 1. The molecule has 0 saturated carbocycles. The van der Waals surface area contributed by atoms with E-state index in [9.17, 15) is 22.8 Å². The van der Waals surface area contributed by atoms with Crippen molar-refractivity contribution in [2.75, 3.05) is 5.32 Å². The molecule has 7 nitrogen and oxygen atoms in total. The predicted octanol–water partition coefficient (Wildman–Crippen LogP) is 4.00. The number of nitrogens with one attached hydrogen (secondary N) is 3. The number of aromatic amines is 1. The largest absolute Gasteiger partial charge is 0.408 e. The second-order valence-electron chi connectivity index (χ2n) is 7.55. The summed E-state index contributed by atoms with van der Waals surface area (Å²) in [6.07, 6.45) is -3.17. The third kappa shape index (κ3) is 4.16. The molecule has 166 valence electrons. The van der Waals surface area contributed by atoms with Crippen molar-refractivity contribution in [1.82, 2.24) is 20.1 Å². The Balaban J connectivity index is 1.65. The van der Waals surface area contributed by atoms with Crippen LogP contribution in [-0.2, 0) is 11.3 Å². The summed E-state index contributed by atoms with van der Waals surface area (Å²) in [7, 11) is 0. The second kappa shape index (κ2) is 8.03. The number of rotatable bonds is 5. The minimum absolute atomic E-state index is 0.324. The molecule has 32 heavy (non-hydrogen) atoms. The molecule has 0 aliphatic rings. The quantitative estimate of drug-likeness (QED) is 0.435.